The first-order chi connectivity index (χ1) is 33.7. The van der Waals surface area contributed by atoms with E-state index in [0.717, 1.165) is 16.7 Å². The number of nitrogens with one attached hydrogen (secondary N) is 3. The molecule has 3 aromatic carbocycles. The lowest BCUT2D eigenvalue weighted by Crippen LogP contribution is -2.39. The predicted octanol–water partition coefficient (Wildman–Crippen LogP) is 2.01. The van der Waals surface area contributed by atoms with Crippen LogP contribution in [0.15, 0.2) is 129 Å². The van der Waals surface area contributed by atoms with E-state index in [1.807, 2.05) is 36.4 Å². The summed E-state index contributed by atoms with van der Waals surface area (Å²) in [5.41, 5.74) is 41.1. The molecule has 0 fully saturated rings. The van der Waals surface area contributed by atoms with Crippen LogP contribution in [-0.4, -0.2) is 101 Å². The van der Waals surface area contributed by atoms with Crippen LogP contribution in [0.3, 0.4) is 0 Å². The Morgan fingerprint density at radius 2 is 0.600 bits per heavy atom. The molecule has 3 unspecified atom stereocenters. The number of Topliss-reactive ketones (excluding diaryl/α,β-unsaturated/α-hetero) is 3. The molecule has 6 aromatic rings. The van der Waals surface area contributed by atoms with Gasteiger partial charge < -0.3 is 50.4 Å². The number of benzene rings is 3. The molecule has 0 spiro atoms. The summed E-state index contributed by atoms with van der Waals surface area (Å²) < 4.78 is 0. The van der Waals surface area contributed by atoms with E-state index in [0.29, 0.717) is 17.1 Å². The van der Waals surface area contributed by atoms with Gasteiger partial charge in [0.05, 0.1) is 54.8 Å². The summed E-state index contributed by atoms with van der Waals surface area (Å²) in [5, 5.41) is 8.48. The quantitative estimate of drug-likeness (QED) is 0.0309. The Kier molecular flexibility index (Phi) is 18.3. The largest absolute Gasteiger partial charge is 0.325 e. The van der Waals surface area contributed by atoms with Gasteiger partial charge in [-0.15, -0.1) is 0 Å². The normalized spacial score (nSPS) is 14.1. The Labute approximate surface area is 403 Å². The number of carbonyl (C=O) groups excluding carboxylic acids is 6. The van der Waals surface area contributed by atoms with E-state index in [9.17, 15) is 28.8 Å². The topological polar surface area (TPSA) is 372 Å². The summed E-state index contributed by atoms with van der Waals surface area (Å²) in [5.74, 6) is -2.98. The van der Waals surface area contributed by atoms with Crippen molar-refractivity contribution >= 4 is 52.1 Å². The van der Waals surface area contributed by atoms with Gasteiger partial charge in [-0.1, -0.05) is 36.4 Å². The molecule has 0 aliphatic rings. The zero-order valence-corrected chi connectivity index (χ0v) is 38.0. The van der Waals surface area contributed by atoms with Crippen molar-refractivity contribution in [3.8, 4) is 0 Å². The summed E-state index contributed by atoms with van der Waals surface area (Å²) in [6, 6.07) is 15.9. The van der Waals surface area contributed by atoms with E-state index >= 15 is 0 Å². The molecule has 3 amide bonds. The van der Waals surface area contributed by atoms with Crippen LogP contribution in [0.1, 0.15) is 92.6 Å². The molecule has 0 bridgehead atoms. The van der Waals surface area contributed by atoms with Gasteiger partial charge in [0.15, 0.2) is 17.3 Å². The third kappa shape index (κ3) is 14.3. The van der Waals surface area contributed by atoms with Crippen LogP contribution in [0.25, 0.3) is 0 Å². The predicted molar refractivity (Wildman–Crippen MR) is 261 cm³/mol. The minimum Gasteiger partial charge on any atom is -0.325 e. The third-order valence-electron chi connectivity index (χ3n) is 11.4. The number of nitrogens with zero attached hydrogens (tertiary/aromatic N) is 6. The van der Waals surface area contributed by atoms with Crippen LogP contribution >= 0.6 is 0 Å². The molecular weight excluding hydrogens is 895 g/mol. The van der Waals surface area contributed by atoms with Crippen molar-refractivity contribution in [1.82, 2.24) is 29.9 Å². The van der Waals surface area contributed by atoms with Crippen LogP contribution < -0.4 is 50.4 Å². The molecule has 21 heteroatoms. The molecule has 70 heavy (non-hydrogen) atoms. The molecule has 0 aliphatic heterocycles. The minimum absolute atomic E-state index is 0.130. The van der Waals surface area contributed by atoms with Gasteiger partial charge >= 0.3 is 0 Å². The lowest BCUT2D eigenvalue weighted by Gasteiger charge is -2.21. The first kappa shape index (κ1) is 51.5. The fraction of sp³-hybridized carbons (Fsp3) is 0.265. The van der Waals surface area contributed by atoms with E-state index < -0.39 is 71.3 Å². The zero-order valence-electron chi connectivity index (χ0n) is 38.0. The number of carbonyl (C=O) groups is 6. The number of amides is 3. The summed E-state index contributed by atoms with van der Waals surface area (Å²) in [4.78, 5) is 101. The Bertz CT molecular complexity index is 2400. The number of hydrogen-bond acceptors (Lipinski definition) is 18. The SMILES string of the molecule is NC(CC[C@H](N)C(=O)Nc1ccc(C(c2ccc(NC(=O)[C@@H](N)CCC(N)C(=O)c3cnccn3)cc2)c2ccc(NC(=O)[C@@H](N)CCC(N)C(=O)c3cnccn3)cc2)cc1)C(=O)c1cnccn1. The molecule has 0 saturated heterocycles. The van der Waals surface area contributed by atoms with Crippen molar-refractivity contribution in [3.05, 3.63) is 162 Å². The van der Waals surface area contributed by atoms with Gasteiger partial charge in [0, 0.05) is 60.2 Å². The molecule has 0 aliphatic carbocycles. The maximum atomic E-state index is 13.1. The lowest BCUT2D eigenvalue weighted by atomic mass is 9.85. The van der Waals surface area contributed by atoms with Crippen LogP contribution in [0.5, 0.6) is 0 Å². The molecule has 21 nitrogen and oxygen atoms in total. The molecule has 3 heterocycles. The molecule has 15 N–H and O–H groups in total. The molecular formula is C49H55N15O6. The standard InChI is InChI=1S/C49H55N15O6/c50-34(44(65)40-25-56-19-22-59-40)13-16-37(53)47(68)62-31-7-1-28(2-8-31)43(29-3-9-32(10-4-29)63-48(69)38(54)17-14-35(51)45(66)41-26-57-20-23-60-41)30-5-11-33(12-6-30)64-49(70)39(55)18-15-36(52)46(67)42-27-58-21-24-61-42/h1-12,19-27,34-39,43H,13-18,50-55H2,(H,62,68)(H,63,69)(H,64,70)/t34?,35?,36?,37-,38-,39-,43?/m0/s1. The van der Waals surface area contributed by atoms with Gasteiger partial charge in [0.2, 0.25) is 17.7 Å². The average molecular weight is 950 g/mol. The van der Waals surface area contributed by atoms with Crippen molar-refractivity contribution in [3.63, 3.8) is 0 Å². The number of nitrogens with two attached hydrogens (primary N) is 6. The second-order valence-electron chi connectivity index (χ2n) is 16.5. The van der Waals surface area contributed by atoms with E-state index in [1.54, 1.807) is 36.4 Å². The number of ketones is 3. The summed E-state index contributed by atoms with van der Waals surface area (Å²) in [6.45, 7) is 0. The number of anilines is 3. The molecule has 0 saturated carbocycles. The van der Waals surface area contributed by atoms with Crippen molar-refractivity contribution < 1.29 is 28.8 Å². The third-order valence-corrected chi connectivity index (χ3v) is 11.4. The Balaban J connectivity index is 1.12. The van der Waals surface area contributed by atoms with Crippen LogP contribution in [-0.2, 0) is 14.4 Å². The van der Waals surface area contributed by atoms with Crippen molar-refractivity contribution in [2.45, 2.75) is 80.7 Å². The van der Waals surface area contributed by atoms with Gasteiger partial charge in [-0.3, -0.25) is 43.7 Å². The number of hydrogen-bond donors (Lipinski definition) is 9. The zero-order chi connectivity index (χ0) is 50.2. The van der Waals surface area contributed by atoms with Gasteiger partial charge in [-0.05, 0) is 91.6 Å². The molecule has 0 radical (unpaired) electrons. The van der Waals surface area contributed by atoms with Crippen LogP contribution in [0.2, 0.25) is 0 Å². The summed E-state index contributed by atoms with van der Waals surface area (Å²) >= 11 is 0. The highest BCUT2D eigenvalue weighted by Gasteiger charge is 2.25. The van der Waals surface area contributed by atoms with Gasteiger partial charge in [-0.2, -0.15) is 0 Å². The van der Waals surface area contributed by atoms with E-state index in [2.05, 4.69) is 45.9 Å². The molecule has 3 aromatic heterocycles. The summed E-state index contributed by atoms with van der Waals surface area (Å²) in [6.07, 6.45) is 13.4. The van der Waals surface area contributed by atoms with E-state index in [-0.39, 0.29) is 61.5 Å². The number of rotatable bonds is 24. The van der Waals surface area contributed by atoms with Crippen LogP contribution in [0, 0.1) is 0 Å². The lowest BCUT2D eigenvalue weighted by molar-refractivity contribution is -0.118. The Morgan fingerprint density at radius 3 is 0.829 bits per heavy atom. The molecule has 6 rings (SSSR count). The second-order valence-corrected chi connectivity index (χ2v) is 16.5. The van der Waals surface area contributed by atoms with E-state index in [1.165, 1.54) is 55.8 Å². The van der Waals surface area contributed by atoms with Crippen LogP contribution in [0.4, 0.5) is 17.1 Å². The smallest absolute Gasteiger partial charge is 0.241 e. The first-order valence-electron chi connectivity index (χ1n) is 22.3. The minimum atomic E-state index is -0.955. The highest BCUT2D eigenvalue weighted by Crippen LogP contribution is 2.34. The maximum Gasteiger partial charge on any atom is 0.241 e. The van der Waals surface area contributed by atoms with Gasteiger partial charge in [0.25, 0.3) is 0 Å². The fourth-order valence-corrected chi connectivity index (χ4v) is 7.27. The van der Waals surface area contributed by atoms with Crippen molar-refractivity contribution in [2.24, 2.45) is 34.4 Å². The maximum absolute atomic E-state index is 13.1. The Hall–Kier alpha value is -7.92. The fourth-order valence-electron chi connectivity index (χ4n) is 7.27. The highest BCUT2D eigenvalue weighted by atomic mass is 16.2. The second kappa shape index (κ2) is 24.9. The highest BCUT2D eigenvalue weighted by molar-refractivity contribution is 6.00. The van der Waals surface area contributed by atoms with Gasteiger partial charge in [-0.25, -0.2) is 15.0 Å². The monoisotopic (exact) mass is 949 g/mol. The molecule has 6 atom stereocenters. The average Bonchev–Trinajstić information content (AvgIpc) is 3.39. The Morgan fingerprint density at radius 1 is 0.357 bits per heavy atom. The van der Waals surface area contributed by atoms with E-state index in [4.69, 9.17) is 34.4 Å². The molecule has 362 valence electrons. The van der Waals surface area contributed by atoms with Crippen molar-refractivity contribution in [2.75, 3.05) is 16.0 Å². The number of aromatic nitrogens is 6. The first-order valence-corrected chi connectivity index (χ1v) is 22.3. The summed E-state index contributed by atoms with van der Waals surface area (Å²) in [7, 11) is 0. The van der Waals surface area contributed by atoms with Gasteiger partial charge in [0.1, 0.15) is 17.1 Å². The van der Waals surface area contributed by atoms with Crippen molar-refractivity contribution in [1.29, 1.82) is 0 Å².